The molecule has 3 aromatic carbocycles. The minimum Gasteiger partial charge on any atom is -0.476 e. The van der Waals surface area contributed by atoms with Crippen LogP contribution in [0.3, 0.4) is 0 Å². The number of nitrogens with zero attached hydrogens (tertiary/aromatic N) is 2. The van der Waals surface area contributed by atoms with Gasteiger partial charge < -0.3 is 14.6 Å². The molecule has 0 saturated carbocycles. The quantitative estimate of drug-likeness (QED) is 0.445. The fraction of sp³-hybridized carbons (Fsp3) is 0.130. The number of rotatable bonds is 4. The van der Waals surface area contributed by atoms with E-state index in [9.17, 15) is 18.0 Å². The minimum absolute atomic E-state index is 0.0530. The Balaban J connectivity index is 1.45. The summed E-state index contributed by atoms with van der Waals surface area (Å²) in [6, 6.07) is 17.6. The summed E-state index contributed by atoms with van der Waals surface area (Å²) < 4.78 is 36.2. The van der Waals surface area contributed by atoms with E-state index in [1.54, 1.807) is 49.5 Å². The topological polar surface area (TPSA) is 97.7 Å². The number of fused-ring (bicyclic) bond motifs is 2. The van der Waals surface area contributed by atoms with Crippen molar-refractivity contribution in [2.24, 2.45) is 7.05 Å². The maximum absolute atomic E-state index is 13.4. The Morgan fingerprint density at radius 2 is 1.85 bits per heavy atom. The molecule has 174 valence electrons. The van der Waals surface area contributed by atoms with E-state index in [4.69, 9.17) is 16.3 Å². The highest BCUT2D eigenvalue weighted by Crippen LogP contribution is 2.37. The van der Waals surface area contributed by atoms with E-state index >= 15 is 0 Å². The minimum atomic E-state index is -3.98. The molecule has 5 rings (SSSR count). The van der Waals surface area contributed by atoms with Gasteiger partial charge >= 0.3 is 4.87 Å². The number of carbonyl (C=O) groups excluding carboxylic acids is 1. The molecule has 2 heterocycles. The van der Waals surface area contributed by atoms with Crippen molar-refractivity contribution in [2.75, 3.05) is 16.2 Å². The van der Waals surface area contributed by atoms with Crippen LogP contribution in [0.15, 0.2) is 76.4 Å². The molecule has 1 N–H and O–H groups in total. The van der Waals surface area contributed by atoms with Crippen LogP contribution in [0.5, 0.6) is 5.75 Å². The second-order valence-corrected chi connectivity index (χ2v) is 11.0. The lowest BCUT2D eigenvalue weighted by atomic mass is 10.2. The van der Waals surface area contributed by atoms with Crippen molar-refractivity contribution in [3.05, 3.63) is 81.4 Å². The van der Waals surface area contributed by atoms with Gasteiger partial charge in [-0.1, -0.05) is 35.1 Å². The molecule has 1 aliphatic rings. The van der Waals surface area contributed by atoms with Gasteiger partial charge in [0.05, 0.1) is 27.3 Å². The summed E-state index contributed by atoms with van der Waals surface area (Å²) in [7, 11) is -2.30. The van der Waals surface area contributed by atoms with Crippen molar-refractivity contribution in [3.8, 4) is 5.75 Å². The smallest absolute Gasteiger partial charge is 0.307 e. The average molecular weight is 516 g/mol. The van der Waals surface area contributed by atoms with Crippen LogP contribution in [0.1, 0.15) is 0 Å². The number of nitrogens with one attached hydrogen (secondary N) is 1. The number of ether oxygens (including phenoxy) is 1. The van der Waals surface area contributed by atoms with Gasteiger partial charge in [0.15, 0.2) is 6.10 Å². The lowest BCUT2D eigenvalue weighted by Gasteiger charge is -2.34. The standard InChI is InChI=1S/C23H18ClN3O5S2/c1-26-18-11-8-15(12-21(18)33-23(26)29)25-22(28)20-13-27(17-4-2-3-5-19(17)32-20)34(30,31)16-9-6-14(24)7-10-16/h2-12,20H,13H2,1H3,(H,25,28)/t20-/m0/s1. The summed E-state index contributed by atoms with van der Waals surface area (Å²) in [6.45, 7) is -0.214. The highest BCUT2D eigenvalue weighted by atomic mass is 35.5. The first kappa shape index (κ1) is 22.5. The average Bonchev–Trinajstić information content (AvgIpc) is 3.11. The molecule has 1 amide bonds. The van der Waals surface area contributed by atoms with Gasteiger partial charge in [-0.15, -0.1) is 0 Å². The summed E-state index contributed by atoms with van der Waals surface area (Å²) in [6.07, 6.45) is -1.10. The van der Waals surface area contributed by atoms with Crippen molar-refractivity contribution < 1.29 is 17.9 Å². The van der Waals surface area contributed by atoms with E-state index in [2.05, 4.69) is 5.32 Å². The van der Waals surface area contributed by atoms with Crippen LogP contribution in [0.4, 0.5) is 11.4 Å². The van der Waals surface area contributed by atoms with Crippen LogP contribution in [0.2, 0.25) is 5.02 Å². The second-order valence-electron chi connectivity index (χ2n) is 7.66. The third-order valence-corrected chi connectivity index (χ3v) is 8.53. The number of benzene rings is 3. The Labute approximate surface area is 204 Å². The molecule has 0 fully saturated rings. The number of anilines is 2. The number of thiazole rings is 1. The Hall–Kier alpha value is -3.34. The number of aromatic nitrogens is 1. The Bertz CT molecular complexity index is 1580. The number of para-hydroxylation sites is 2. The summed E-state index contributed by atoms with van der Waals surface area (Å²) in [4.78, 5) is 25.0. The van der Waals surface area contributed by atoms with Gasteiger partial charge in [0.1, 0.15) is 5.75 Å². The van der Waals surface area contributed by atoms with Gasteiger partial charge in [0, 0.05) is 17.8 Å². The van der Waals surface area contributed by atoms with E-state index in [-0.39, 0.29) is 22.1 Å². The second kappa shape index (κ2) is 8.46. The molecule has 8 nitrogen and oxygen atoms in total. The zero-order valence-electron chi connectivity index (χ0n) is 17.8. The van der Waals surface area contributed by atoms with Gasteiger partial charge in [0.2, 0.25) is 0 Å². The molecule has 0 radical (unpaired) electrons. The molecular weight excluding hydrogens is 498 g/mol. The highest BCUT2D eigenvalue weighted by molar-refractivity contribution is 7.92. The van der Waals surface area contributed by atoms with Crippen molar-refractivity contribution >= 4 is 60.5 Å². The van der Waals surface area contributed by atoms with Crippen molar-refractivity contribution in [2.45, 2.75) is 11.0 Å². The Morgan fingerprint density at radius 1 is 1.12 bits per heavy atom. The summed E-state index contributed by atoms with van der Waals surface area (Å²) in [5.41, 5.74) is 1.59. The molecule has 0 unspecified atom stereocenters. The summed E-state index contributed by atoms with van der Waals surface area (Å²) >= 11 is 6.99. The predicted octanol–water partition coefficient (Wildman–Crippen LogP) is 3.85. The summed E-state index contributed by atoms with van der Waals surface area (Å²) in [5, 5.41) is 3.19. The van der Waals surface area contributed by atoms with Gasteiger partial charge in [-0.3, -0.25) is 13.9 Å². The molecule has 1 atom stereocenters. The van der Waals surface area contributed by atoms with E-state index < -0.39 is 22.0 Å². The molecule has 4 aromatic rings. The van der Waals surface area contributed by atoms with Crippen LogP contribution >= 0.6 is 22.9 Å². The third kappa shape index (κ3) is 3.93. The van der Waals surface area contributed by atoms with Crippen molar-refractivity contribution in [1.29, 1.82) is 0 Å². The van der Waals surface area contributed by atoms with Crippen LogP contribution in [-0.2, 0) is 21.9 Å². The van der Waals surface area contributed by atoms with Gasteiger partial charge in [-0.25, -0.2) is 8.42 Å². The third-order valence-electron chi connectivity index (χ3n) is 5.49. The predicted molar refractivity (Wildman–Crippen MR) is 133 cm³/mol. The number of hydrogen-bond donors (Lipinski definition) is 1. The first-order valence-corrected chi connectivity index (χ1v) is 12.8. The van der Waals surface area contributed by atoms with Crippen molar-refractivity contribution in [3.63, 3.8) is 0 Å². The molecule has 1 aromatic heterocycles. The van der Waals surface area contributed by atoms with E-state index in [1.165, 1.54) is 33.1 Å². The highest BCUT2D eigenvalue weighted by Gasteiger charge is 2.37. The van der Waals surface area contributed by atoms with Gasteiger partial charge in [-0.2, -0.15) is 0 Å². The molecule has 11 heteroatoms. The first-order valence-electron chi connectivity index (χ1n) is 10.2. The fourth-order valence-electron chi connectivity index (χ4n) is 3.73. The van der Waals surface area contributed by atoms with E-state index in [0.717, 1.165) is 21.6 Å². The molecule has 1 aliphatic heterocycles. The normalized spacial score (nSPS) is 15.6. The number of sulfonamides is 1. The lowest BCUT2D eigenvalue weighted by molar-refractivity contribution is -0.122. The molecular formula is C23H18ClN3O5S2. The molecule has 0 bridgehead atoms. The number of aryl methyl sites for hydroxylation is 1. The van der Waals surface area contributed by atoms with Gasteiger partial charge in [-0.05, 0) is 54.6 Å². The Kier molecular flexibility index (Phi) is 5.59. The number of hydrogen-bond acceptors (Lipinski definition) is 6. The monoisotopic (exact) mass is 515 g/mol. The molecule has 34 heavy (non-hydrogen) atoms. The molecule has 0 saturated heterocycles. The van der Waals surface area contributed by atoms with Gasteiger partial charge in [0.25, 0.3) is 15.9 Å². The zero-order valence-corrected chi connectivity index (χ0v) is 20.2. The van der Waals surface area contributed by atoms with E-state index in [1.807, 2.05) is 0 Å². The number of halogens is 1. The van der Waals surface area contributed by atoms with Crippen LogP contribution in [0, 0.1) is 0 Å². The first-order chi connectivity index (χ1) is 16.2. The van der Waals surface area contributed by atoms with Crippen LogP contribution < -0.4 is 19.2 Å². The molecule has 0 aliphatic carbocycles. The maximum Gasteiger partial charge on any atom is 0.307 e. The van der Waals surface area contributed by atoms with Crippen molar-refractivity contribution in [1.82, 2.24) is 4.57 Å². The SMILES string of the molecule is Cn1c(=O)sc2cc(NC(=O)[C@@H]3CN(S(=O)(=O)c4ccc(Cl)cc4)c4ccccc4O3)ccc21. The summed E-state index contributed by atoms with van der Waals surface area (Å²) in [5.74, 6) is -0.225. The fourth-order valence-corrected chi connectivity index (χ4v) is 6.26. The zero-order chi connectivity index (χ0) is 24.0. The maximum atomic E-state index is 13.4. The lowest BCUT2D eigenvalue weighted by Crippen LogP contribution is -2.48. The number of carbonyl (C=O) groups is 1. The largest absolute Gasteiger partial charge is 0.476 e. The van der Waals surface area contributed by atoms with Crippen LogP contribution in [-0.4, -0.2) is 31.5 Å². The van der Waals surface area contributed by atoms with Crippen LogP contribution in [0.25, 0.3) is 10.2 Å². The van der Waals surface area contributed by atoms with E-state index in [0.29, 0.717) is 16.4 Å². The number of amides is 1. The Morgan fingerprint density at radius 3 is 2.62 bits per heavy atom. The molecule has 0 spiro atoms.